The maximum absolute atomic E-state index is 13.0. The Labute approximate surface area is 192 Å². The van der Waals surface area contributed by atoms with Crippen LogP contribution in [-0.4, -0.2) is 35.7 Å². The highest BCUT2D eigenvalue weighted by molar-refractivity contribution is 5.93. The third-order valence-corrected chi connectivity index (χ3v) is 6.05. The highest BCUT2D eigenvalue weighted by Gasteiger charge is 2.39. The Morgan fingerprint density at radius 3 is 2.52 bits per heavy atom. The van der Waals surface area contributed by atoms with E-state index in [1.54, 1.807) is 26.7 Å². The normalized spacial score (nSPS) is 16.8. The lowest BCUT2D eigenvalue weighted by Gasteiger charge is -2.12. The van der Waals surface area contributed by atoms with E-state index in [2.05, 4.69) is 22.4 Å². The number of imidazole rings is 1. The number of rotatable bonds is 7. The number of methoxy groups -OCH3 is 2. The Hall–Kier alpha value is -4.06. The van der Waals surface area contributed by atoms with Gasteiger partial charge in [-0.25, -0.2) is 4.98 Å². The molecular weight excluding hydrogens is 414 g/mol. The molecule has 1 aliphatic carbocycles. The molecule has 5 rings (SSSR count). The monoisotopic (exact) mass is 439 g/mol. The molecule has 166 valence electrons. The zero-order chi connectivity index (χ0) is 22.8. The number of amides is 1. The number of nitrogens with one attached hydrogen (secondary N) is 1. The average molecular weight is 440 g/mol. The van der Waals surface area contributed by atoms with Gasteiger partial charge in [0.15, 0.2) is 11.5 Å². The van der Waals surface area contributed by atoms with E-state index in [0.717, 1.165) is 23.2 Å². The molecule has 1 N–H and O–H groups in total. The van der Waals surface area contributed by atoms with Gasteiger partial charge in [0.2, 0.25) is 0 Å². The summed E-state index contributed by atoms with van der Waals surface area (Å²) in [5.41, 5.74) is 4.63. The van der Waals surface area contributed by atoms with Gasteiger partial charge in [0.1, 0.15) is 5.69 Å². The number of hydrogen-bond acceptors (Lipinski definition) is 4. The standard InChI is InChI=1S/C27H25N3O3/c1-32-25-12-11-20(14-26(25)33-2)19-9-6-10-21(13-19)30-17-28-16-24(30)27(31)29-23-15-22(23)18-7-4-3-5-8-18/h3-14,16-17,22-23H,15H2,1-2H3,(H,29,31)/t22-,23+/m1/s1. The van der Waals surface area contributed by atoms with E-state index in [-0.39, 0.29) is 11.9 Å². The van der Waals surface area contributed by atoms with Crippen molar-refractivity contribution in [3.8, 4) is 28.3 Å². The minimum atomic E-state index is -0.118. The van der Waals surface area contributed by atoms with Crippen molar-refractivity contribution in [3.05, 3.63) is 96.6 Å². The third kappa shape index (κ3) is 4.20. The lowest BCUT2D eigenvalue weighted by molar-refractivity contribution is 0.0943. The van der Waals surface area contributed by atoms with Crippen LogP contribution in [-0.2, 0) is 0 Å². The van der Waals surface area contributed by atoms with Crippen LogP contribution in [0.15, 0.2) is 85.3 Å². The Balaban J connectivity index is 1.37. The van der Waals surface area contributed by atoms with E-state index in [4.69, 9.17) is 9.47 Å². The fraction of sp³-hybridized carbons (Fsp3) is 0.185. The number of nitrogens with zero attached hydrogens (tertiary/aromatic N) is 2. The molecule has 1 fully saturated rings. The third-order valence-electron chi connectivity index (χ3n) is 6.05. The van der Waals surface area contributed by atoms with Gasteiger partial charge in [-0.3, -0.25) is 9.36 Å². The summed E-state index contributed by atoms with van der Waals surface area (Å²) in [6.07, 6.45) is 4.24. The predicted molar refractivity (Wildman–Crippen MR) is 127 cm³/mol. The van der Waals surface area contributed by atoms with Crippen LogP contribution >= 0.6 is 0 Å². The molecule has 33 heavy (non-hydrogen) atoms. The molecule has 2 atom stereocenters. The average Bonchev–Trinajstić information content (AvgIpc) is 3.45. The van der Waals surface area contributed by atoms with E-state index in [1.807, 2.05) is 65.2 Å². The quantitative estimate of drug-likeness (QED) is 0.447. The summed E-state index contributed by atoms with van der Waals surface area (Å²) in [4.78, 5) is 17.3. The predicted octanol–water partition coefficient (Wildman–Crippen LogP) is 4.84. The molecule has 0 unspecified atom stereocenters. The van der Waals surface area contributed by atoms with E-state index in [9.17, 15) is 4.79 Å². The molecule has 1 saturated carbocycles. The first-order valence-corrected chi connectivity index (χ1v) is 10.9. The molecule has 0 spiro atoms. The van der Waals surface area contributed by atoms with Crippen LogP contribution in [0.1, 0.15) is 28.4 Å². The maximum atomic E-state index is 13.0. The second-order valence-electron chi connectivity index (χ2n) is 8.10. The fourth-order valence-electron chi connectivity index (χ4n) is 4.19. The highest BCUT2D eigenvalue weighted by Crippen LogP contribution is 2.40. The summed E-state index contributed by atoms with van der Waals surface area (Å²) in [6, 6.07) is 24.3. The van der Waals surface area contributed by atoms with Crippen LogP contribution in [0.5, 0.6) is 11.5 Å². The molecular formula is C27H25N3O3. The molecule has 1 aromatic heterocycles. The van der Waals surface area contributed by atoms with Crippen molar-refractivity contribution in [1.82, 2.24) is 14.9 Å². The van der Waals surface area contributed by atoms with Crippen LogP contribution in [0.3, 0.4) is 0 Å². The van der Waals surface area contributed by atoms with Crippen LogP contribution in [0.25, 0.3) is 16.8 Å². The van der Waals surface area contributed by atoms with Crippen molar-refractivity contribution in [3.63, 3.8) is 0 Å². The first kappa shape index (κ1) is 20.8. The Bertz CT molecular complexity index is 1280. The lowest BCUT2D eigenvalue weighted by Crippen LogP contribution is -2.28. The second kappa shape index (κ2) is 8.82. The topological polar surface area (TPSA) is 65.4 Å². The molecule has 1 aliphatic rings. The zero-order valence-corrected chi connectivity index (χ0v) is 18.6. The largest absolute Gasteiger partial charge is 0.493 e. The second-order valence-corrected chi connectivity index (χ2v) is 8.10. The summed E-state index contributed by atoms with van der Waals surface area (Å²) >= 11 is 0. The number of aromatic nitrogens is 2. The van der Waals surface area contributed by atoms with Gasteiger partial charge in [-0.2, -0.15) is 0 Å². The van der Waals surface area contributed by atoms with E-state index in [0.29, 0.717) is 23.1 Å². The van der Waals surface area contributed by atoms with Crippen LogP contribution in [0.4, 0.5) is 0 Å². The molecule has 0 aliphatic heterocycles. The van der Waals surface area contributed by atoms with E-state index in [1.165, 1.54) is 5.56 Å². The van der Waals surface area contributed by atoms with Gasteiger partial charge in [-0.05, 0) is 47.4 Å². The number of carbonyl (C=O) groups is 1. The maximum Gasteiger partial charge on any atom is 0.270 e. The number of ether oxygens (including phenoxy) is 2. The van der Waals surface area contributed by atoms with Gasteiger partial charge in [0.25, 0.3) is 5.91 Å². The van der Waals surface area contributed by atoms with Crippen molar-refractivity contribution < 1.29 is 14.3 Å². The summed E-state index contributed by atoms with van der Waals surface area (Å²) < 4.78 is 12.6. The Morgan fingerprint density at radius 1 is 0.939 bits per heavy atom. The Morgan fingerprint density at radius 2 is 1.73 bits per heavy atom. The van der Waals surface area contributed by atoms with E-state index < -0.39 is 0 Å². The SMILES string of the molecule is COc1ccc(-c2cccc(-n3cncc3C(=O)N[C@H]3C[C@@H]3c3ccccc3)c2)cc1OC. The molecule has 0 saturated heterocycles. The van der Waals surface area contributed by atoms with Crippen molar-refractivity contribution in [2.45, 2.75) is 18.4 Å². The zero-order valence-electron chi connectivity index (χ0n) is 18.6. The van der Waals surface area contributed by atoms with Gasteiger partial charge >= 0.3 is 0 Å². The molecule has 0 radical (unpaired) electrons. The smallest absolute Gasteiger partial charge is 0.270 e. The molecule has 4 aromatic rings. The van der Waals surface area contributed by atoms with E-state index >= 15 is 0 Å². The van der Waals surface area contributed by atoms with Gasteiger partial charge in [-0.15, -0.1) is 0 Å². The molecule has 3 aromatic carbocycles. The molecule has 6 heteroatoms. The summed E-state index contributed by atoms with van der Waals surface area (Å²) in [5, 5.41) is 3.16. The van der Waals surface area contributed by atoms with Crippen LogP contribution in [0, 0.1) is 0 Å². The molecule has 1 heterocycles. The number of carbonyl (C=O) groups excluding carboxylic acids is 1. The minimum absolute atomic E-state index is 0.118. The molecule has 6 nitrogen and oxygen atoms in total. The fourth-order valence-corrected chi connectivity index (χ4v) is 4.19. The van der Waals surface area contributed by atoms with Crippen molar-refractivity contribution in [2.24, 2.45) is 0 Å². The van der Waals surface area contributed by atoms with Gasteiger partial charge < -0.3 is 14.8 Å². The number of hydrogen-bond donors (Lipinski definition) is 1. The first-order chi connectivity index (χ1) is 16.2. The number of benzene rings is 3. The lowest BCUT2D eigenvalue weighted by atomic mass is 10.0. The first-order valence-electron chi connectivity index (χ1n) is 10.9. The van der Waals surface area contributed by atoms with Gasteiger partial charge in [0, 0.05) is 17.6 Å². The van der Waals surface area contributed by atoms with Gasteiger partial charge in [0.05, 0.1) is 26.7 Å². The molecule has 1 amide bonds. The summed E-state index contributed by atoms with van der Waals surface area (Å²) in [5.74, 6) is 1.60. The van der Waals surface area contributed by atoms with Crippen LogP contribution < -0.4 is 14.8 Å². The van der Waals surface area contributed by atoms with Gasteiger partial charge in [-0.1, -0.05) is 48.5 Å². The van der Waals surface area contributed by atoms with Crippen molar-refractivity contribution in [2.75, 3.05) is 14.2 Å². The summed E-state index contributed by atoms with van der Waals surface area (Å²) in [6.45, 7) is 0. The van der Waals surface area contributed by atoms with Crippen LogP contribution in [0.2, 0.25) is 0 Å². The highest BCUT2D eigenvalue weighted by atomic mass is 16.5. The van der Waals surface area contributed by atoms with Crippen molar-refractivity contribution in [1.29, 1.82) is 0 Å². The Kier molecular flexibility index (Phi) is 5.57. The summed E-state index contributed by atoms with van der Waals surface area (Å²) in [7, 11) is 3.24. The molecule has 0 bridgehead atoms. The van der Waals surface area contributed by atoms with Crippen molar-refractivity contribution >= 4 is 5.91 Å². The minimum Gasteiger partial charge on any atom is -0.493 e.